The third-order valence-electron chi connectivity index (χ3n) is 3.02. The van der Waals surface area contributed by atoms with E-state index in [1.54, 1.807) is 4.98 Å². The third-order valence-corrected chi connectivity index (χ3v) is 3.02. The highest BCUT2D eigenvalue weighted by Crippen LogP contribution is 2.41. The molecule has 1 saturated heterocycles. The second-order valence-electron chi connectivity index (χ2n) is 4.22. The van der Waals surface area contributed by atoms with Crippen LogP contribution in [0.3, 0.4) is 0 Å². The minimum Gasteiger partial charge on any atom is -0.390 e. The van der Waals surface area contributed by atoms with Gasteiger partial charge in [-0.15, -0.1) is 0 Å². The maximum atomic E-state index is 14.0. The van der Waals surface area contributed by atoms with Gasteiger partial charge in [0.05, 0.1) is 0 Å². The molecule has 20 heavy (non-hydrogen) atoms. The summed E-state index contributed by atoms with van der Waals surface area (Å²) >= 11 is 0. The molecule has 0 radical (unpaired) electrons. The third kappa shape index (κ3) is 1.76. The summed E-state index contributed by atoms with van der Waals surface area (Å²) in [4.78, 5) is 24.4. The summed E-state index contributed by atoms with van der Waals surface area (Å²) in [6, 6.07) is 2.23. The Balaban J connectivity index is 2.65. The van der Waals surface area contributed by atoms with E-state index < -0.39 is 41.6 Å². The molecule has 108 valence electrons. The van der Waals surface area contributed by atoms with Crippen LogP contribution < -0.4 is 11.2 Å². The number of aliphatic hydroxyl groups is 3. The first kappa shape index (κ1) is 14.4. The van der Waals surface area contributed by atoms with Gasteiger partial charge in [0.25, 0.3) is 17.1 Å². The summed E-state index contributed by atoms with van der Waals surface area (Å²) in [7, 11) is 0. The molecule has 0 aliphatic carbocycles. The predicted octanol–water partition coefficient (Wildman–Crippen LogP) is -2.88. The van der Waals surface area contributed by atoms with Crippen molar-refractivity contribution in [1.29, 1.82) is 5.26 Å². The predicted molar refractivity (Wildman–Crippen MR) is 58.9 cm³/mol. The first-order valence-electron chi connectivity index (χ1n) is 5.40. The first-order valence-corrected chi connectivity index (χ1v) is 5.40. The Morgan fingerprint density at radius 3 is 2.60 bits per heavy atom. The van der Waals surface area contributed by atoms with Crippen LogP contribution in [0.25, 0.3) is 0 Å². The van der Waals surface area contributed by atoms with E-state index in [9.17, 15) is 24.2 Å². The smallest absolute Gasteiger partial charge is 0.331 e. The molecule has 4 N–H and O–H groups in total. The Kier molecular flexibility index (Phi) is 3.23. The monoisotopic (exact) mass is 287 g/mol. The largest absolute Gasteiger partial charge is 0.390 e. The summed E-state index contributed by atoms with van der Waals surface area (Å²) in [6.07, 6.45) is -3.61. The zero-order valence-electron chi connectivity index (χ0n) is 9.86. The van der Waals surface area contributed by atoms with Crippen LogP contribution in [0.15, 0.2) is 21.9 Å². The van der Waals surface area contributed by atoms with E-state index in [2.05, 4.69) is 4.74 Å². The number of halogens is 1. The number of aliphatic hydroxyl groups excluding tert-OH is 3. The van der Waals surface area contributed by atoms with E-state index in [0.717, 1.165) is 12.3 Å². The number of aromatic nitrogens is 2. The minimum absolute atomic E-state index is 0.430. The normalized spacial score (nSPS) is 36.8. The molecule has 4 atom stereocenters. The second-order valence-corrected chi connectivity index (χ2v) is 4.22. The number of hydrogen-bond donors (Lipinski definition) is 4. The molecule has 9 nitrogen and oxygen atoms in total. The van der Waals surface area contributed by atoms with Crippen LogP contribution in [0, 0.1) is 11.3 Å². The summed E-state index contributed by atoms with van der Waals surface area (Å²) in [5, 5.41) is 37.4. The fourth-order valence-corrected chi connectivity index (χ4v) is 1.97. The van der Waals surface area contributed by atoms with Crippen molar-refractivity contribution in [2.75, 3.05) is 6.61 Å². The molecule has 0 bridgehead atoms. The van der Waals surface area contributed by atoms with E-state index in [0.29, 0.717) is 4.57 Å². The highest BCUT2D eigenvalue weighted by Gasteiger charge is 2.65. The Morgan fingerprint density at radius 2 is 2.15 bits per heavy atom. The van der Waals surface area contributed by atoms with Crippen molar-refractivity contribution in [3.05, 3.63) is 33.1 Å². The van der Waals surface area contributed by atoms with Crippen molar-refractivity contribution in [2.24, 2.45) is 0 Å². The average Bonchev–Trinajstić information content (AvgIpc) is 2.62. The van der Waals surface area contributed by atoms with Gasteiger partial charge in [-0.05, 0) is 0 Å². The maximum Gasteiger partial charge on any atom is 0.331 e. The van der Waals surface area contributed by atoms with Gasteiger partial charge in [0, 0.05) is 12.3 Å². The standard InChI is InChI=1S/C10H10FN3O6/c11-9(4-15)6(17)7(18)10(3-12,20-9)14-2-1-5(16)13-8(14)19/h1-2,6-7,15,17-18H,4H2,(H,13,16,19)/t6?,7-,9+,10+/m0/s1. The number of nitrogens with one attached hydrogen (secondary N) is 1. The van der Waals surface area contributed by atoms with Gasteiger partial charge in [-0.1, -0.05) is 0 Å². The molecular weight excluding hydrogens is 277 g/mol. The lowest BCUT2D eigenvalue weighted by Gasteiger charge is -2.26. The van der Waals surface area contributed by atoms with Crippen LogP contribution in [-0.2, 0) is 10.5 Å². The first-order chi connectivity index (χ1) is 9.30. The molecule has 0 aromatic carbocycles. The van der Waals surface area contributed by atoms with E-state index in [-0.39, 0.29) is 0 Å². The highest BCUT2D eigenvalue weighted by molar-refractivity contribution is 5.14. The fourth-order valence-electron chi connectivity index (χ4n) is 1.97. The maximum absolute atomic E-state index is 14.0. The molecule has 10 heteroatoms. The second kappa shape index (κ2) is 4.50. The number of aromatic amines is 1. The topological polar surface area (TPSA) is 149 Å². The molecule has 2 heterocycles. The number of hydrogen-bond acceptors (Lipinski definition) is 7. The Labute approximate surface area is 110 Å². The summed E-state index contributed by atoms with van der Waals surface area (Å²) in [6.45, 7) is -1.34. The van der Waals surface area contributed by atoms with Crippen molar-refractivity contribution in [3.63, 3.8) is 0 Å². The van der Waals surface area contributed by atoms with Crippen molar-refractivity contribution in [1.82, 2.24) is 9.55 Å². The molecule has 2 rings (SSSR count). The minimum atomic E-state index is -3.12. The van der Waals surface area contributed by atoms with E-state index in [4.69, 9.17) is 10.4 Å². The molecular formula is C10H10FN3O6. The summed E-state index contributed by atoms with van der Waals surface area (Å²) in [5.74, 6) is -3.12. The molecule has 1 unspecified atom stereocenters. The van der Waals surface area contributed by atoms with Crippen molar-refractivity contribution in [3.8, 4) is 6.07 Å². The van der Waals surface area contributed by atoms with Crippen LogP contribution in [0.2, 0.25) is 0 Å². The van der Waals surface area contributed by atoms with Crippen molar-refractivity contribution >= 4 is 0 Å². The number of rotatable bonds is 2. The quantitative estimate of drug-likeness (QED) is 0.456. The van der Waals surface area contributed by atoms with Crippen LogP contribution >= 0.6 is 0 Å². The van der Waals surface area contributed by atoms with Gasteiger partial charge in [0.15, 0.2) is 0 Å². The number of nitrogens with zero attached hydrogens (tertiary/aromatic N) is 2. The van der Waals surface area contributed by atoms with Gasteiger partial charge in [0.2, 0.25) is 0 Å². The van der Waals surface area contributed by atoms with Crippen LogP contribution in [0.4, 0.5) is 4.39 Å². The van der Waals surface area contributed by atoms with Gasteiger partial charge in [-0.25, -0.2) is 9.18 Å². The Hall–Kier alpha value is -2.06. The van der Waals surface area contributed by atoms with Gasteiger partial charge >= 0.3 is 5.69 Å². The molecule has 1 fully saturated rings. The number of ether oxygens (including phenoxy) is 1. The lowest BCUT2D eigenvalue weighted by molar-refractivity contribution is -0.228. The Bertz CT molecular complexity index is 681. The number of H-pyrrole nitrogens is 1. The average molecular weight is 287 g/mol. The van der Waals surface area contributed by atoms with Gasteiger partial charge in [0.1, 0.15) is 24.9 Å². The zero-order valence-corrected chi connectivity index (χ0v) is 9.86. The molecule has 1 aliphatic rings. The van der Waals surface area contributed by atoms with Crippen LogP contribution in [0.1, 0.15) is 0 Å². The van der Waals surface area contributed by atoms with E-state index in [1.165, 1.54) is 6.07 Å². The van der Waals surface area contributed by atoms with Crippen molar-refractivity contribution < 1.29 is 24.4 Å². The van der Waals surface area contributed by atoms with E-state index in [1.807, 2.05) is 0 Å². The lowest BCUT2D eigenvalue weighted by Crippen LogP contribution is -2.50. The fraction of sp³-hybridized carbons (Fsp3) is 0.500. The number of alkyl halides is 1. The lowest BCUT2D eigenvalue weighted by atomic mass is 10.0. The highest BCUT2D eigenvalue weighted by atomic mass is 19.2. The van der Waals surface area contributed by atoms with Gasteiger partial charge < -0.3 is 15.3 Å². The summed E-state index contributed by atoms with van der Waals surface area (Å²) in [5.41, 5.74) is -4.54. The van der Waals surface area contributed by atoms with Crippen LogP contribution in [0.5, 0.6) is 0 Å². The molecule has 1 aliphatic heterocycles. The molecule has 0 amide bonds. The van der Waals surface area contributed by atoms with Gasteiger partial charge in [-0.3, -0.25) is 19.1 Å². The van der Waals surface area contributed by atoms with E-state index >= 15 is 0 Å². The molecule has 1 aromatic rings. The van der Waals surface area contributed by atoms with Gasteiger partial charge in [-0.2, -0.15) is 5.26 Å². The van der Waals surface area contributed by atoms with Crippen LogP contribution in [-0.4, -0.2) is 49.5 Å². The van der Waals surface area contributed by atoms with Crippen molar-refractivity contribution in [2.45, 2.75) is 23.8 Å². The molecule has 0 saturated carbocycles. The molecule has 1 aromatic heterocycles. The Morgan fingerprint density at radius 1 is 1.50 bits per heavy atom. The SMILES string of the molecule is N#C[C@@]1(n2ccc(=O)[nH]c2=O)O[C@](F)(CO)C(O)[C@@H]1O. The molecule has 0 spiro atoms. The number of nitriles is 1. The summed E-state index contributed by atoms with van der Waals surface area (Å²) < 4.78 is 19.1. The zero-order chi connectivity index (χ0) is 15.1.